The van der Waals surface area contributed by atoms with Crippen molar-refractivity contribution < 1.29 is 60.6 Å². The van der Waals surface area contributed by atoms with Crippen LogP contribution in [0.4, 0.5) is 34.1 Å². The van der Waals surface area contributed by atoms with Gasteiger partial charge >= 0.3 is 29.0 Å². The van der Waals surface area contributed by atoms with Crippen molar-refractivity contribution in [1.29, 1.82) is 5.26 Å². The molecule has 0 saturated heterocycles. The van der Waals surface area contributed by atoms with Gasteiger partial charge in [0, 0.05) is 44.0 Å². The van der Waals surface area contributed by atoms with Crippen LogP contribution in [0.3, 0.4) is 0 Å². The van der Waals surface area contributed by atoms with E-state index in [1.807, 2.05) is 215 Å². The molecule has 0 aliphatic heterocycles. The third-order valence-corrected chi connectivity index (χ3v) is 30.3. The molecule has 766 valence electrons. The number of nitriles is 1. The number of rotatable bonds is 28. The topological polar surface area (TPSA) is 342 Å². The average molecular weight is 2130 g/mol. The van der Waals surface area contributed by atoms with Crippen LogP contribution in [0.1, 0.15) is 164 Å². The number of nitrogen functional groups attached to an aromatic ring is 1. The van der Waals surface area contributed by atoms with Crippen LogP contribution >= 0.6 is 21.4 Å². The van der Waals surface area contributed by atoms with E-state index in [2.05, 4.69) is 160 Å². The van der Waals surface area contributed by atoms with Crippen LogP contribution in [-0.4, -0.2) is 126 Å². The number of carbonyl (C=O) groups excluding carboxylic acids is 3. The van der Waals surface area contributed by atoms with Crippen LogP contribution in [0, 0.1) is 77.0 Å². The molecule has 2 aliphatic carbocycles. The summed E-state index contributed by atoms with van der Waals surface area (Å²) in [5, 5.41) is 61.8. The number of amides is 2. The minimum Gasteiger partial charge on any atom is -1.00 e. The van der Waals surface area contributed by atoms with E-state index in [0.29, 0.717) is 116 Å². The van der Waals surface area contributed by atoms with Gasteiger partial charge in [-0.05, 0) is 251 Å². The average Bonchev–Trinajstić information content (AvgIpc) is 1.80. The number of ether oxygens (including phenoxy) is 2. The molecule has 2 fully saturated rings. The number of halogens is 3. The molecular formula is C118H122Cl3MgN15O10SSi2. The number of aromatic carboxylic acids is 1. The van der Waals surface area contributed by atoms with Crippen molar-refractivity contribution in [2.24, 2.45) is 17.6 Å². The van der Waals surface area contributed by atoms with E-state index in [1.54, 1.807) is 122 Å². The fourth-order valence-corrected chi connectivity index (χ4v) is 25.7. The first-order valence-electron chi connectivity index (χ1n) is 48.1. The second kappa shape index (κ2) is 58.9. The predicted molar refractivity (Wildman–Crippen MR) is 603 cm³/mol. The van der Waals surface area contributed by atoms with Crippen LogP contribution in [0.15, 0.2) is 346 Å². The summed E-state index contributed by atoms with van der Waals surface area (Å²) in [5.74, 6) is 1.49. The number of anilines is 4. The van der Waals surface area contributed by atoms with Gasteiger partial charge in [-0.25, -0.2) is 32.7 Å². The summed E-state index contributed by atoms with van der Waals surface area (Å²) in [7, 11) is 4.78. The van der Waals surface area contributed by atoms with E-state index in [1.165, 1.54) is 57.9 Å². The number of aldehydes is 1. The molecule has 2 saturated carbocycles. The molecule has 2 aliphatic rings. The number of hydrogen-bond acceptors (Lipinski definition) is 17. The fourth-order valence-electron chi connectivity index (χ4n) is 15.8. The Kier molecular flexibility index (Phi) is 46.7. The first kappa shape index (κ1) is 119. The van der Waals surface area contributed by atoms with Crippen LogP contribution in [0.5, 0.6) is 11.5 Å². The molecule has 0 bridgehead atoms. The van der Waals surface area contributed by atoms with E-state index in [-0.39, 0.29) is 59.0 Å². The quantitative estimate of drug-likeness (QED) is 0.00742. The van der Waals surface area contributed by atoms with Gasteiger partial charge in [-0.3, -0.25) is 14.4 Å². The largest absolute Gasteiger partial charge is 2.00 e. The smallest absolute Gasteiger partial charge is 1.00 e. The third-order valence-electron chi connectivity index (χ3n) is 23.1. The summed E-state index contributed by atoms with van der Waals surface area (Å²) in [4.78, 5) is 54.8. The van der Waals surface area contributed by atoms with Gasteiger partial charge in [0.25, 0.3) is 11.8 Å². The van der Waals surface area contributed by atoms with E-state index in [0.717, 1.165) is 70.0 Å². The van der Waals surface area contributed by atoms with Gasteiger partial charge in [-0.15, -0.1) is 0 Å². The molecule has 3 heterocycles. The summed E-state index contributed by atoms with van der Waals surface area (Å²) in [6.07, 6.45) is 4.65. The van der Waals surface area contributed by atoms with Crippen LogP contribution in [-0.2, 0) is 22.4 Å². The molecule has 150 heavy (non-hydrogen) atoms. The number of nitrogens with one attached hydrogen (secondary N) is 3. The molecule has 0 spiro atoms. The van der Waals surface area contributed by atoms with Gasteiger partial charge < -0.3 is 68.8 Å². The van der Waals surface area contributed by atoms with Crippen LogP contribution in [0.2, 0.25) is 39.3 Å². The number of carboxylic acids is 1. The van der Waals surface area contributed by atoms with Gasteiger partial charge in [0.1, 0.15) is 71.1 Å². The van der Waals surface area contributed by atoms with E-state index in [9.17, 15) is 29.4 Å². The monoisotopic (exact) mass is 2130 g/mol. The molecule has 3 atom stereocenters. The standard InChI is InChI=1S/C36H33N5O2.C32H26N4O3.C14H15NO.C12H9N3O2.C12H22NSi2.C8H8O.C4H9N.Cl2OS.ClH.Mg/c1-25-20-34(41(40-25)32-13-7-11-30(22-32)37-2)36(42)39-31-12-6-10-29(21-31)35(38-23-26-14-15-26)28-16-18-33(19-17-28)43-24-27-8-4-3-5-9-27;1-22-18-30(36(35-22)28-13-7-11-26(20-28)33-2)32(38)34-27-12-6-10-25(19-27)31(37)24-14-16-29(17-15-24)39-21-23-8-4-3-5-9-23;1-10-5-7-11(8-6-10)14(16)12-3-2-4-13(15)9-12;1-8-5-11(12(16)17)15(14-8)10-4-2-3-9(6-10)7-13;1-14(2,3)13(15(4,5)6)12-10-8-7-9-11-12;1-7-2-4-8(6-9)5-3-7;5-3-4-1-2-4;1-4(2)3;;/h3-13,16-22,26,35,38H,14-15,23-24H2,1H3,(H,39,42);3-20,31,37H,21H2,1H3,(H,34,38);2-9,14,16H,15H2,1H3;2-6H,1H3,(H,16,17);7-8,10-11H,1-6H3;2-6H,1H3;4H,1-3,5H2;;1H;/q;;;;-1;;;;;+2/p-1. The molecule has 0 radical (unpaired) electrons. The van der Waals surface area contributed by atoms with Gasteiger partial charge in [0.05, 0.1) is 65.0 Å². The van der Waals surface area contributed by atoms with Crippen molar-refractivity contribution in [3.8, 4) is 34.6 Å². The zero-order chi connectivity index (χ0) is 106. The number of carbonyl (C=O) groups is 4. The SMILES string of the molecule is C[Si](C)(C)N(c1c[c-]ccc1)[Si](C)(C)C.Cc1cc(C(=O)O)n(-c2cccc(C#N)c2)n1.Cc1ccc(C(O)c2cccc(N)c2)cc1.Cc1ccc(C=O)cc1.NCC1CC1.O=S(Cl)Cl.[C-]#[N+]c1cccc(-n2nc(C)cc2C(=O)Nc2cccc(C(NCC3CC3)c3ccc(OCc4ccccc4)cc3)c2)c1.[C-]#[N+]c1cccc(-n2nc(C)cc2C(=O)Nc2cccc(C(O)c3ccc(OCc4ccccc4)cc3)c2)c1.[Cl-].[Mg+2]. The number of aliphatic hydroxyl groups excluding tert-OH is 2. The first-order chi connectivity index (χ1) is 71.0. The predicted octanol–water partition coefficient (Wildman–Crippen LogP) is 22.5. The van der Waals surface area contributed by atoms with Crippen LogP contribution < -0.4 is 53.5 Å². The molecule has 32 heteroatoms. The number of carboxylic acid groups (broad SMARTS) is 1. The first-order valence-corrected chi connectivity index (χ1v) is 57.8. The van der Waals surface area contributed by atoms with Gasteiger partial charge in [-0.2, -0.15) is 50.9 Å². The normalized spacial score (nSPS) is 12.0. The molecule has 2 amide bonds. The Morgan fingerprint density at radius 1 is 0.520 bits per heavy atom. The number of aromatic nitrogens is 6. The molecule has 18 rings (SSSR count). The van der Waals surface area contributed by atoms with Gasteiger partial charge in [-0.1, -0.05) is 256 Å². The van der Waals surface area contributed by atoms with Crippen molar-refractivity contribution >= 4 is 128 Å². The summed E-state index contributed by atoms with van der Waals surface area (Å²) in [6.45, 7) is 41.3. The molecule has 10 N–H and O–H groups in total. The van der Waals surface area contributed by atoms with Crippen molar-refractivity contribution in [3.05, 3.63) is 476 Å². The Morgan fingerprint density at radius 3 is 1.34 bits per heavy atom. The summed E-state index contributed by atoms with van der Waals surface area (Å²) in [6, 6.07) is 113. The zero-order valence-electron chi connectivity index (χ0n) is 85.6. The van der Waals surface area contributed by atoms with E-state index in [4.69, 9.17) is 48.7 Å². The Balaban J connectivity index is 0.000000210. The maximum atomic E-state index is 13.5. The number of aryl methyl sites for hydroxylation is 5. The van der Waals surface area contributed by atoms with Crippen molar-refractivity contribution in [2.75, 3.05) is 33.7 Å². The molecule has 25 nitrogen and oxygen atoms in total. The maximum absolute atomic E-state index is 13.5. The molecular weight excluding hydrogens is 2010 g/mol. The number of benzene rings is 13. The van der Waals surface area contributed by atoms with Gasteiger partial charge in [0.2, 0.25) is 9.23 Å². The van der Waals surface area contributed by atoms with Gasteiger partial charge in [0.15, 0.2) is 17.1 Å². The van der Waals surface area contributed by atoms with Crippen LogP contribution in [0.25, 0.3) is 26.8 Å². The van der Waals surface area contributed by atoms with E-state index >= 15 is 0 Å². The summed E-state index contributed by atoms with van der Waals surface area (Å²) >= 11 is 0. The Morgan fingerprint density at radius 2 is 0.927 bits per heavy atom. The van der Waals surface area contributed by atoms with Crippen molar-refractivity contribution in [1.82, 2.24) is 34.7 Å². The maximum Gasteiger partial charge on any atom is 2.00 e. The molecule has 3 aromatic heterocycles. The minimum absolute atomic E-state index is 0. The fraction of sp³-hybridized carbons (Fsp3) is 0.203. The number of nitrogens with two attached hydrogens (primary N) is 2. The minimum atomic E-state index is -1.67. The summed E-state index contributed by atoms with van der Waals surface area (Å²) < 4.78 is 28.1. The Bertz CT molecular complexity index is 7200. The number of hydrogen-bond donors (Lipinski definition) is 8. The molecule has 3 unspecified atom stereocenters. The summed E-state index contributed by atoms with van der Waals surface area (Å²) in [5.41, 5.74) is 30.8. The van der Waals surface area contributed by atoms with Crippen molar-refractivity contribution in [2.45, 2.75) is 131 Å². The second-order valence-corrected chi connectivity index (χ2v) is 49.9. The third kappa shape index (κ3) is 37.8. The number of nitrogens with zero attached hydrogens (tertiary/aromatic N) is 10. The van der Waals surface area contributed by atoms with E-state index < -0.39 is 43.9 Å². The Labute approximate surface area is 914 Å². The molecule has 13 aromatic carbocycles. The van der Waals surface area contributed by atoms with Crippen molar-refractivity contribution in [3.63, 3.8) is 0 Å². The zero-order valence-corrected chi connectivity index (χ0v) is 92.1. The Hall–Kier alpha value is -14.7. The molecule has 16 aromatic rings. The second-order valence-electron chi connectivity index (χ2n) is 37.3. The number of aliphatic hydroxyl groups is 2.